The number of nitrogens with zero attached hydrogens (tertiary/aromatic N) is 1. The van der Waals surface area contributed by atoms with Gasteiger partial charge in [-0.2, -0.15) is 0 Å². The molecular formula is C11H19N3O3S. The molecule has 0 aromatic carbocycles. The van der Waals surface area contributed by atoms with Gasteiger partial charge in [0.1, 0.15) is 5.82 Å². The van der Waals surface area contributed by atoms with Gasteiger partial charge in [-0.1, -0.05) is 6.07 Å². The molecule has 1 rings (SSSR count). The van der Waals surface area contributed by atoms with Crippen molar-refractivity contribution in [2.45, 2.75) is 26.5 Å². The summed E-state index contributed by atoms with van der Waals surface area (Å²) in [6.45, 7) is 4.25. The summed E-state index contributed by atoms with van der Waals surface area (Å²) in [6.07, 6.45) is 1.56. The van der Waals surface area contributed by atoms with Crippen molar-refractivity contribution in [3.63, 3.8) is 0 Å². The van der Waals surface area contributed by atoms with Crippen LogP contribution in [0.15, 0.2) is 18.3 Å². The summed E-state index contributed by atoms with van der Waals surface area (Å²) in [5, 5.41) is 0. The van der Waals surface area contributed by atoms with Crippen molar-refractivity contribution in [3.8, 4) is 0 Å². The summed E-state index contributed by atoms with van der Waals surface area (Å²) >= 11 is 0. The number of hydrogen-bond donors (Lipinski definition) is 2. The van der Waals surface area contributed by atoms with E-state index in [2.05, 4.69) is 9.71 Å². The minimum absolute atomic E-state index is 0.0159. The second-order valence-electron chi connectivity index (χ2n) is 4.10. The van der Waals surface area contributed by atoms with Gasteiger partial charge in [-0.15, -0.1) is 0 Å². The Morgan fingerprint density at radius 1 is 1.44 bits per heavy atom. The largest absolute Gasteiger partial charge is 0.378 e. The van der Waals surface area contributed by atoms with Crippen molar-refractivity contribution in [2.24, 2.45) is 5.73 Å². The molecule has 0 unspecified atom stereocenters. The van der Waals surface area contributed by atoms with Crippen molar-refractivity contribution in [2.75, 3.05) is 17.1 Å². The number of ether oxygens (including phenoxy) is 1. The van der Waals surface area contributed by atoms with Gasteiger partial charge < -0.3 is 10.5 Å². The molecule has 0 radical (unpaired) electrons. The van der Waals surface area contributed by atoms with Crippen LogP contribution in [0.4, 0.5) is 5.82 Å². The Hall–Kier alpha value is -1.18. The fraction of sp³-hybridized carbons (Fsp3) is 0.545. The predicted molar refractivity (Wildman–Crippen MR) is 70.6 cm³/mol. The highest BCUT2D eigenvalue weighted by atomic mass is 32.2. The molecule has 0 saturated carbocycles. The normalized spacial score (nSPS) is 11.8. The Morgan fingerprint density at radius 2 is 2.17 bits per heavy atom. The van der Waals surface area contributed by atoms with Gasteiger partial charge in [-0.25, -0.2) is 13.4 Å². The minimum Gasteiger partial charge on any atom is -0.378 e. The molecule has 6 nitrogen and oxygen atoms in total. The van der Waals surface area contributed by atoms with Gasteiger partial charge in [0.15, 0.2) is 0 Å². The van der Waals surface area contributed by atoms with E-state index in [1.807, 2.05) is 13.8 Å². The molecule has 0 bridgehead atoms. The van der Waals surface area contributed by atoms with Gasteiger partial charge in [-0.3, -0.25) is 4.72 Å². The van der Waals surface area contributed by atoms with Crippen molar-refractivity contribution >= 4 is 15.8 Å². The van der Waals surface area contributed by atoms with Crippen LogP contribution in [0, 0.1) is 0 Å². The lowest BCUT2D eigenvalue weighted by Crippen LogP contribution is -2.22. The van der Waals surface area contributed by atoms with Gasteiger partial charge in [0.05, 0.1) is 18.5 Å². The average Bonchev–Trinajstić information content (AvgIpc) is 2.28. The van der Waals surface area contributed by atoms with Crippen molar-refractivity contribution < 1.29 is 13.2 Å². The fourth-order valence-electron chi connectivity index (χ4n) is 1.21. The molecule has 0 aliphatic heterocycles. The zero-order chi connectivity index (χ0) is 13.6. The summed E-state index contributed by atoms with van der Waals surface area (Å²) in [5.41, 5.74) is 6.27. The van der Waals surface area contributed by atoms with Crippen LogP contribution in [-0.4, -0.2) is 31.9 Å². The van der Waals surface area contributed by atoms with E-state index in [0.717, 1.165) is 5.56 Å². The van der Waals surface area contributed by atoms with Gasteiger partial charge >= 0.3 is 0 Å². The molecule has 0 amide bonds. The number of sulfonamides is 1. The number of pyridine rings is 1. The zero-order valence-electron chi connectivity index (χ0n) is 10.6. The lowest BCUT2D eigenvalue weighted by molar-refractivity contribution is 0.0913. The topological polar surface area (TPSA) is 94.3 Å². The Kier molecular flexibility index (Phi) is 5.52. The Bertz CT molecular complexity index is 457. The van der Waals surface area contributed by atoms with Gasteiger partial charge in [0, 0.05) is 12.7 Å². The maximum atomic E-state index is 11.7. The molecular weight excluding hydrogens is 254 g/mol. The van der Waals surface area contributed by atoms with E-state index in [1.165, 1.54) is 0 Å². The molecule has 18 heavy (non-hydrogen) atoms. The summed E-state index contributed by atoms with van der Waals surface area (Å²) in [6, 6.07) is 3.32. The van der Waals surface area contributed by atoms with Crippen LogP contribution in [0.5, 0.6) is 0 Å². The van der Waals surface area contributed by atoms with E-state index in [1.54, 1.807) is 18.3 Å². The highest BCUT2D eigenvalue weighted by Gasteiger charge is 2.11. The first-order valence-electron chi connectivity index (χ1n) is 5.70. The van der Waals surface area contributed by atoms with E-state index >= 15 is 0 Å². The van der Waals surface area contributed by atoms with E-state index < -0.39 is 10.0 Å². The number of nitrogens with one attached hydrogen (secondary N) is 1. The molecule has 102 valence electrons. The molecule has 1 aromatic rings. The summed E-state index contributed by atoms with van der Waals surface area (Å²) < 4.78 is 30.9. The Labute approximate surface area is 108 Å². The van der Waals surface area contributed by atoms with Gasteiger partial charge in [0.2, 0.25) is 10.0 Å². The first-order valence-corrected chi connectivity index (χ1v) is 7.35. The van der Waals surface area contributed by atoms with Crippen LogP contribution in [0.3, 0.4) is 0 Å². The zero-order valence-corrected chi connectivity index (χ0v) is 11.4. The standard InChI is InChI=1S/C11H19N3O3S/c1-9(2)17-5-6-18(15,16)14-11-4-3-10(7-12)8-13-11/h3-4,8-9H,5-7,12H2,1-2H3,(H,13,14). The van der Waals surface area contributed by atoms with Gasteiger partial charge in [0.25, 0.3) is 0 Å². The Balaban J connectivity index is 2.53. The van der Waals surface area contributed by atoms with E-state index in [0.29, 0.717) is 6.54 Å². The molecule has 0 spiro atoms. The number of anilines is 1. The van der Waals surface area contributed by atoms with E-state index in [-0.39, 0.29) is 24.3 Å². The number of hydrogen-bond acceptors (Lipinski definition) is 5. The van der Waals surface area contributed by atoms with Crippen LogP contribution in [-0.2, 0) is 21.3 Å². The summed E-state index contributed by atoms with van der Waals surface area (Å²) in [5.74, 6) is 0.197. The molecule has 7 heteroatoms. The van der Waals surface area contributed by atoms with Gasteiger partial charge in [-0.05, 0) is 25.5 Å². The monoisotopic (exact) mass is 273 g/mol. The predicted octanol–water partition coefficient (Wildman–Crippen LogP) is 0.707. The third kappa shape index (κ3) is 5.44. The molecule has 1 heterocycles. The number of aromatic nitrogens is 1. The van der Waals surface area contributed by atoms with Crippen LogP contribution in [0.25, 0.3) is 0 Å². The smallest absolute Gasteiger partial charge is 0.236 e. The quantitative estimate of drug-likeness (QED) is 0.763. The van der Waals surface area contributed by atoms with E-state index in [9.17, 15) is 8.42 Å². The molecule has 0 aliphatic rings. The SMILES string of the molecule is CC(C)OCCS(=O)(=O)Nc1ccc(CN)cn1. The van der Waals surface area contributed by atoms with Crippen LogP contribution in [0.2, 0.25) is 0 Å². The van der Waals surface area contributed by atoms with Crippen molar-refractivity contribution in [3.05, 3.63) is 23.9 Å². The molecule has 0 atom stereocenters. The van der Waals surface area contributed by atoms with Crippen molar-refractivity contribution in [1.82, 2.24) is 4.98 Å². The highest BCUT2D eigenvalue weighted by Crippen LogP contribution is 2.07. The number of rotatable bonds is 7. The van der Waals surface area contributed by atoms with Crippen LogP contribution in [0.1, 0.15) is 19.4 Å². The third-order valence-electron chi connectivity index (χ3n) is 2.12. The second-order valence-corrected chi connectivity index (χ2v) is 5.94. The van der Waals surface area contributed by atoms with Crippen molar-refractivity contribution in [1.29, 1.82) is 0 Å². The average molecular weight is 273 g/mol. The summed E-state index contributed by atoms with van der Waals surface area (Å²) in [4.78, 5) is 3.97. The van der Waals surface area contributed by atoms with Crippen LogP contribution >= 0.6 is 0 Å². The first kappa shape index (κ1) is 14.9. The fourth-order valence-corrected chi connectivity index (χ4v) is 2.07. The second kappa shape index (κ2) is 6.67. The molecule has 0 fully saturated rings. The third-order valence-corrected chi connectivity index (χ3v) is 3.35. The summed E-state index contributed by atoms with van der Waals surface area (Å²) in [7, 11) is -3.42. The van der Waals surface area contributed by atoms with E-state index in [4.69, 9.17) is 10.5 Å². The molecule has 3 N–H and O–H groups in total. The molecule has 0 aliphatic carbocycles. The maximum Gasteiger partial charge on any atom is 0.236 e. The maximum absolute atomic E-state index is 11.7. The lowest BCUT2D eigenvalue weighted by Gasteiger charge is -2.09. The minimum atomic E-state index is -3.42. The first-order chi connectivity index (χ1) is 8.43. The highest BCUT2D eigenvalue weighted by molar-refractivity contribution is 7.92. The molecule has 1 aromatic heterocycles. The van der Waals surface area contributed by atoms with Crippen LogP contribution < -0.4 is 10.5 Å². The lowest BCUT2D eigenvalue weighted by atomic mass is 10.3. The number of nitrogens with two attached hydrogens (primary N) is 1. The molecule has 0 saturated heterocycles. The Morgan fingerprint density at radius 3 is 2.67 bits per heavy atom.